The number of nitrogens with one attached hydrogen (secondary N) is 2. The van der Waals surface area contributed by atoms with Gasteiger partial charge >= 0.3 is 12.3 Å². The number of rotatable bonds is 7. The molecule has 0 spiro atoms. The molecule has 31 heavy (non-hydrogen) atoms. The van der Waals surface area contributed by atoms with E-state index in [0.717, 1.165) is 5.56 Å². The predicted molar refractivity (Wildman–Crippen MR) is 108 cm³/mol. The summed E-state index contributed by atoms with van der Waals surface area (Å²) < 4.78 is 52.2. The summed E-state index contributed by atoms with van der Waals surface area (Å²) in [5.74, 6) is -0.785. The van der Waals surface area contributed by atoms with Crippen LogP contribution in [0.1, 0.15) is 24.1 Å². The quantitative estimate of drug-likeness (QED) is 0.645. The summed E-state index contributed by atoms with van der Waals surface area (Å²) in [4.78, 5) is 12.5. The van der Waals surface area contributed by atoms with Crippen molar-refractivity contribution in [1.82, 2.24) is 10.6 Å². The van der Waals surface area contributed by atoms with E-state index in [-0.39, 0.29) is 36.4 Å². The molecular weight excluding hydrogens is 413 g/mol. The van der Waals surface area contributed by atoms with Gasteiger partial charge in [0, 0.05) is 30.2 Å². The third-order valence-corrected chi connectivity index (χ3v) is 5.37. The Morgan fingerprint density at radius 2 is 1.84 bits per heavy atom. The van der Waals surface area contributed by atoms with Gasteiger partial charge < -0.3 is 24.8 Å². The monoisotopic (exact) mass is 438 g/mol. The molecule has 1 aliphatic rings. The van der Waals surface area contributed by atoms with Crippen LogP contribution in [0.4, 0.5) is 13.2 Å². The van der Waals surface area contributed by atoms with Crippen LogP contribution < -0.4 is 20.1 Å². The Kier molecular flexibility index (Phi) is 7.07. The summed E-state index contributed by atoms with van der Waals surface area (Å²) in [5, 5.41) is 6.75. The highest BCUT2D eigenvalue weighted by Crippen LogP contribution is 2.34. The molecule has 6 nitrogen and oxygen atoms in total. The molecule has 3 rings (SSSR count). The Labute approximate surface area is 178 Å². The molecule has 0 radical (unpaired) electrons. The van der Waals surface area contributed by atoms with Crippen LogP contribution >= 0.6 is 0 Å². The van der Waals surface area contributed by atoms with Crippen molar-refractivity contribution in [2.75, 3.05) is 14.2 Å². The maximum absolute atomic E-state index is 12.6. The second kappa shape index (κ2) is 9.57. The molecule has 2 aromatic rings. The highest BCUT2D eigenvalue weighted by Gasteiger charge is 2.46. The minimum absolute atomic E-state index is 0.161. The molecule has 4 atom stereocenters. The first-order valence-electron chi connectivity index (χ1n) is 9.78. The van der Waals surface area contributed by atoms with E-state index in [1.54, 1.807) is 0 Å². The van der Waals surface area contributed by atoms with Gasteiger partial charge in [-0.2, -0.15) is 0 Å². The maximum Gasteiger partial charge on any atom is 0.573 e. The zero-order valence-electron chi connectivity index (χ0n) is 17.4. The zero-order valence-corrected chi connectivity index (χ0v) is 17.4. The van der Waals surface area contributed by atoms with Gasteiger partial charge in [-0.15, -0.1) is 13.2 Å². The van der Waals surface area contributed by atoms with Crippen molar-refractivity contribution in [3.63, 3.8) is 0 Å². The smallest absolute Gasteiger partial charge is 0.496 e. The van der Waals surface area contributed by atoms with Crippen LogP contribution in [0.15, 0.2) is 48.5 Å². The van der Waals surface area contributed by atoms with Crippen molar-refractivity contribution < 1.29 is 32.2 Å². The van der Waals surface area contributed by atoms with Crippen molar-refractivity contribution in [3.8, 4) is 11.5 Å². The lowest BCUT2D eigenvalue weighted by atomic mass is 9.91. The molecule has 1 heterocycles. The lowest BCUT2D eigenvalue weighted by Crippen LogP contribution is -2.42. The van der Waals surface area contributed by atoms with Gasteiger partial charge in [0.25, 0.3) is 0 Å². The summed E-state index contributed by atoms with van der Waals surface area (Å²) in [6, 6.07) is 12.8. The van der Waals surface area contributed by atoms with Gasteiger partial charge in [0.05, 0.1) is 20.1 Å². The topological polar surface area (TPSA) is 68.8 Å². The minimum atomic E-state index is -4.79. The molecule has 1 saturated heterocycles. The number of ether oxygens (including phenoxy) is 3. The fourth-order valence-corrected chi connectivity index (χ4v) is 4.02. The first-order chi connectivity index (χ1) is 14.7. The Bertz CT molecular complexity index is 892. The van der Waals surface area contributed by atoms with E-state index in [4.69, 9.17) is 9.47 Å². The van der Waals surface area contributed by atoms with Gasteiger partial charge in [-0.05, 0) is 30.7 Å². The van der Waals surface area contributed by atoms with Crippen LogP contribution in [-0.4, -0.2) is 38.6 Å². The van der Waals surface area contributed by atoms with Gasteiger partial charge in [0.1, 0.15) is 11.5 Å². The number of alkyl halides is 3. The van der Waals surface area contributed by atoms with E-state index < -0.39 is 12.3 Å². The first-order valence-corrected chi connectivity index (χ1v) is 9.78. The van der Waals surface area contributed by atoms with Gasteiger partial charge in [-0.1, -0.05) is 30.3 Å². The Morgan fingerprint density at radius 3 is 2.45 bits per heavy atom. The van der Waals surface area contributed by atoms with E-state index in [2.05, 4.69) is 15.4 Å². The second-order valence-electron chi connectivity index (χ2n) is 7.32. The fourth-order valence-electron chi connectivity index (χ4n) is 4.02. The van der Waals surface area contributed by atoms with Crippen molar-refractivity contribution in [3.05, 3.63) is 59.7 Å². The molecule has 0 bridgehead atoms. The average molecular weight is 438 g/mol. The highest BCUT2D eigenvalue weighted by molar-refractivity contribution is 5.75. The third-order valence-electron chi connectivity index (χ3n) is 5.37. The average Bonchev–Trinajstić information content (AvgIpc) is 3.07. The SMILES string of the molecule is COC(=O)[C@@H]1[C@H](NCc2cc(OC(F)(F)F)ccc2OC)[C@H](c2ccccc2)N[C@@H]1C. The number of carbonyl (C=O) groups excluding carboxylic acids is 1. The van der Waals surface area contributed by atoms with Crippen molar-refractivity contribution in [1.29, 1.82) is 0 Å². The van der Waals surface area contributed by atoms with E-state index in [0.29, 0.717) is 11.3 Å². The molecule has 0 aromatic heterocycles. The largest absolute Gasteiger partial charge is 0.573 e. The van der Waals surface area contributed by atoms with Crippen LogP contribution in [0.2, 0.25) is 0 Å². The molecule has 0 unspecified atom stereocenters. The van der Waals surface area contributed by atoms with E-state index in [9.17, 15) is 18.0 Å². The summed E-state index contributed by atoms with van der Waals surface area (Å²) in [6.07, 6.45) is -4.79. The summed E-state index contributed by atoms with van der Waals surface area (Å²) >= 11 is 0. The Hall–Kier alpha value is -2.78. The molecule has 168 valence electrons. The van der Waals surface area contributed by atoms with Crippen LogP contribution in [0.5, 0.6) is 11.5 Å². The molecular formula is C22H25F3N2O4. The van der Waals surface area contributed by atoms with Crippen LogP contribution in [0, 0.1) is 5.92 Å². The molecule has 0 amide bonds. The number of halogens is 3. The van der Waals surface area contributed by atoms with Crippen LogP contribution in [0.25, 0.3) is 0 Å². The third kappa shape index (κ3) is 5.48. The molecule has 0 aliphatic carbocycles. The second-order valence-corrected chi connectivity index (χ2v) is 7.32. The molecule has 2 aromatic carbocycles. The van der Waals surface area contributed by atoms with Gasteiger partial charge in [0.15, 0.2) is 0 Å². The standard InChI is InChI=1S/C22H25F3N2O4/c1-13-18(21(28)30-3)20(19(27-13)14-7-5-4-6-8-14)26-12-15-11-16(31-22(23,24)25)9-10-17(15)29-2/h4-11,13,18-20,26-27H,12H2,1-3H3/t13-,18+,19+,20+/m1/s1. The molecule has 9 heteroatoms. The number of benzene rings is 2. The van der Waals surface area contributed by atoms with E-state index in [1.807, 2.05) is 37.3 Å². The van der Waals surface area contributed by atoms with Crippen molar-refractivity contribution >= 4 is 5.97 Å². The van der Waals surface area contributed by atoms with Crippen molar-refractivity contribution in [2.24, 2.45) is 5.92 Å². The number of methoxy groups -OCH3 is 2. The zero-order chi connectivity index (χ0) is 22.6. The normalized spacial score (nSPS) is 23.4. The van der Waals surface area contributed by atoms with Crippen molar-refractivity contribution in [2.45, 2.75) is 38.0 Å². The lowest BCUT2D eigenvalue weighted by molar-refractivity contribution is -0.274. The maximum atomic E-state index is 12.6. The van der Waals surface area contributed by atoms with Gasteiger partial charge in [-0.3, -0.25) is 4.79 Å². The van der Waals surface area contributed by atoms with Crippen LogP contribution in [-0.2, 0) is 16.1 Å². The number of esters is 1. The molecule has 2 N–H and O–H groups in total. The number of hydrogen-bond donors (Lipinski definition) is 2. The summed E-state index contributed by atoms with van der Waals surface area (Å²) in [7, 11) is 2.77. The van der Waals surface area contributed by atoms with E-state index >= 15 is 0 Å². The summed E-state index contributed by atoms with van der Waals surface area (Å²) in [6.45, 7) is 2.06. The van der Waals surface area contributed by atoms with E-state index in [1.165, 1.54) is 32.4 Å². The number of hydrogen-bond acceptors (Lipinski definition) is 6. The minimum Gasteiger partial charge on any atom is -0.496 e. The fraction of sp³-hybridized carbons (Fsp3) is 0.409. The molecule has 1 aliphatic heterocycles. The molecule has 0 saturated carbocycles. The first kappa shape index (κ1) is 22.9. The Balaban J connectivity index is 1.87. The predicted octanol–water partition coefficient (Wildman–Crippen LogP) is 3.57. The van der Waals surface area contributed by atoms with Crippen LogP contribution in [0.3, 0.4) is 0 Å². The Morgan fingerprint density at radius 1 is 1.13 bits per heavy atom. The van der Waals surface area contributed by atoms with Gasteiger partial charge in [0.2, 0.25) is 0 Å². The van der Waals surface area contributed by atoms with Gasteiger partial charge in [-0.25, -0.2) is 0 Å². The number of carbonyl (C=O) groups is 1. The molecule has 1 fully saturated rings. The lowest BCUT2D eigenvalue weighted by Gasteiger charge is -2.25. The highest BCUT2D eigenvalue weighted by atomic mass is 19.4. The summed E-state index contributed by atoms with van der Waals surface area (Å²) in [5.41, 5.74) is 1.46.